The highest BCUT2D eigenvalue weighted by molar-refractivity contribution is 5.71. The van der Waals surface area contributed by atoms with Crippen LogP contribution >= 0.6 is 0 Å². The Kier molecular flexibility index (Phi) is 3.06. The van der Waals surface area contributed by atoms with Crippen molar-refractivity contribution >= 4 is 0 Å². The molecule has 0 bridgehead atoms. The van der Waals surface area contributed by atoms with E-state index in [2.05, 4.69) is 15.1 Å². The lowest BCUT2D eigenvalue weighted by Crippen LogP contribution is -2.12. The van der Waals surface area contributed by atoms with Crippen LogP contribution < -0.4 is 5.56 Å². The normalized spacial score (nSPS) is 10.8. The zero-order valence-electron chi connectivity index (χ0n) is 11.7. The molecule has 0 aliphatic rings. The van der Waals surface area contributed by atoms with Gasteiger partial charge in [0.25, 0.3) is 5.56 Å². The SMILES string of the molecule is Cc1ccccc1-c1c(O)nc(-c2cnn(C)c2)[nH]c1=O. The van der Waals surface area contributed by atoms with Crippen molar-refractivity contribution in [2.75, 3.05) is 0 Å². The number of nitrogens with zero attached hydrogens (tertiary/aromatic N) is 3. The summed E-state index contributed by atoms with van der Waals surface area (Å²) in [6.45, 7) is 1.88. The molecule has 0 saturated carbocycles. The van der Waals surface area contributed by atoms with Crippen molar-refractivity contribution in [2.45, 2.75) is 6.92 Å². The van der Waals surface area contributed by atoms with Gasteiger partial charge in [0.05, 0.1) is 11.8 Å². The fourth-order valence-corrected chi connectivity index (χ4v) is 2.24. The average molecular weight is 282 g/mol. The highest BCUT2D eigenvalue weighted by Gasteiger charge is 2.15. The molecule has 1 aromatic carbocycles. The highest BCUT2D eigenvalue weighted by Crippen LogP contribution is 2.27. The standard InChI is InChI=1S/C15H14N4O2/c1-9-5-3-4-6-11(9)12-14(20)17-13(18-15(12)21)10-7-16-19(2)8-10/h3-8H,1-2H3,(H2,17,18,20,21). The number of H-pyrrole nitrogens is 1. The van der Waals surface area contributed by atoms with E-state index in [0.717, 1.165) is 5.56 Å². The number of benzene rings is 1. The van der Waals surface area contributed by atoms with Gasteiger partial charge in [0, 0.05) is 13.2 Å². The molecule has 0 amide bonds. The molecule has 2 N–H and O–H groups in total. The van der Waals surface area contributed by atoms with Gasteiger partial charge in [-0.15, -0.1) is 0 Å². The zero-order chi connectivity index (χ0) is 15.0. The van der Waals surface area contributed by atoms with Gasteiger partial charge in [-0.1, -0.05) is 24.3 Å². The molecular weight excluding hydrogens is 268 g/mol. The van der Waals surface area contributed by atoms with Gasteiger partial charge in [0.2, 0.25) is 5.88 Å². The zero-order valence-corrected chi connectivity index (χ0v) is 11.7. The number of hydrogen-bond acceptors (Lipinski definition) is 4. The first-order chi connectivity index (χ1) is 10.1. The third-order valence-corrected chi connectivity index (χ3v) is 3.29. The van der Waals surface area contributed by atoms with Gasteiger partial charge in [0.1, 0.15) is 11.4 Å². The Balaban J connectivity index is 2.18. The van der Waals surface area contributed by atoms with E-state index < -0.39 is 0 Å². The number of aryl methyl sites for hydroxylation is 2. The van der Waals surface area contributed by atoms with Gasteiger partial charge < -0.3 is 10.1 Å². The minimum atomic E-state index is -0.379. The first kappa shape index (κ1) is 13.1. The van der Waals surface area contributed by atoms with E-state index >= 15 is 0 Å². The summed E-state index contributed by atoms with van der Waals surface area (Å²) in [6, 6.07) is 7.35. The molecule has 0 spiro atoms. The first-order valence-electron chi connectivity index (χ1n) is 6.44. The molecule has 0 unspecified atom stereocenters. The second kappa shape index (κ2) is 4.90. The topological polar surface area (TPSA) is 83.8 Å². The minimum Gasteiger partial charge on any atom is -0.493 e. The van der Waals surface area contributed by atoms with Crippen LogP contribution in [0.3, 0.4) is 0 Å². The number of aromatic amines is 1. The van der Waals surface area contributed by atoms with Crippen LogP contribution in [-0.4, -0.2) is 24.9 Å². The van der Waals surface area contributed by atoms with Gasteiger partial charge in [0.15, 0.2) is 0 Å². The van der Waals surface area contributed by atoms with Crippen molar-refractivity contribution in [3.63, 3.8) is 0 Å². The Bertz CT molecular complexity index is 864. The van der Waals surface area contributed by atoms with E-state index in [1.54, 1.807) is 30.2 Å². The molecule has 0 aliphatic heterocycles. The van der Waals surface area contributed by atoms with Crippen molar-refractivity contribution in [3.05, 3.63) is 52.6 Å². The van der Waals surface area contributed by atoms with Crippen LogP contribution in [0.2, 0.25) is 0 Å². The van der Waals surface area contributed by atoms with Gasteiger partial charge in [-0.05, 0) is 18.1 Å². The molecule has 0 fully saturated rings. The van der Waals surface area contributed by atoms with E-state index in [9.17, 15) is 9.90 Å². The lowest BCUT2D eigenvalue weighted by Gasteiger charge is -2.07. The van der Waals surface area contributed by atoms with Crippen LogP contribution in [0.1, 0.15) is 5.56 Å². The minimum absolute atomic E-state index is 0.181. The Morgan fingerprint density at radius 1 is 1.29 bits per heavy atom. The number of rotatable bonds is 2. The van der Waals surface area contributed by atoms with Crippen LogP contribution in [0.25, 0.3) is 22.5 Å². The summed E-state index contributed by atoms with van der Waals surface area (Å²) in [5.41, 5.74) is 2.01. The summed E-state index contributed by atoms with van der Waals surface area (Å²) in [6.07, 6.45) is 3.29. The second-order valence-corrected chi connectivity index (χ2v) is 4.83. The fourth-order valence-electron chi connectivity index (χ4n) is 2.24. The molecule has 6 heteroatoms. The average Bonchev–Trinajstić information content (AvgIpc) is 2.87. The monoisotopic (exact) mass is 282 g/mol. The van der Waals surface area contributed by atoms with Crippen LogP contribution in [0.4, 0.5) is 0 Å². The van der Waals surface area contributed by atoms with Crippen molar-refractivity contribution in [1.29, 1.82) is 0 Å². The number of hydrogen-bond donors (Lipinski definition) is 2. The van der Waals surface area contributed by atoms with E-state index in [0.29, 0.717) is 17.0 Å². The molecular formula is C15H14N4O2. The summed E-state index contributed by atoms with van der Waals surface area (Å²) < 4.78 is 1.60. The molecule has 0 radical (unpaired) electrons. The van der Waals surface area contributed by atoms with Crippen molar-refractivity contribution < 1.29 is 5.11 Å². The quantitative estimate of drug-likeness (QED) is 0.751. The Morgan fingerprint density at radius 2 is 2.05 bits per heavy atom. The lowest BCUT2D eigenvalue weighted by molar-refractivity contribution is 0.454. The predicted molar refractivity (Wildman–Crippen MR) is 78.9 cm³/mol. The number of aromatic nitrogens is 4. The fraction of sp³-hybridized carbons (Fsp3) is 0.133. The van der Waals surface area contributed by atoms with Crippen LogP contribution in [0.5, 0.6) is 5.88 Å². The third kappa shape index (κ3) is 2.31. The molecule has 0 saturated heterocycles. The molecule has 106 valence electrons. The summed E-state index contributed by atoms with van der Waals surface area (Å²) in [7, 11) is 1.77. The molecule has 3 aromatic rings. The molecule has 2 heterocycles. The molecule has 3 rings (SSSR count). The maximum Gasteiger partial charge on any atom is 0.262 e. The van der Waals surface area contributed by atoms with E-state index in [4.69, 9.17) is 0 Å². The third-order valence-electron chi connectivity index (χ3n) is 3.29. The number of aromatic hydroxyl groups is 1. The smallest absolute Gasteiger partial charge is 0.262 e. The van der Waals surface area contributed by atoms with Gasteiger partial charge >= 0.3 is 0 Å². The summed E-state index contributed by atoms with van der Waals surface area (Å²) in [4.78, 5) is 19.1. The maximum absolute atomic E-state index is 12.3. The van der Waals surface area contributed by atoms with E-state index in [-0.39, 0.29) is 17.0 Å². The second-order valence-electron chi connectivity index (χ2n) is 4.83. The van der Waals surface area contributed by atoms with Gasteiger partial charge in [-0.25, -0.2) is 0 Å². The molecule has 6 nitrogen and oxygen atoms in total. The van der Waals surface area contributed by atoms with Gasteiger partial charge in [-0.3, -0.25) is 9.48 Å². The largest absolute Gasteiger partial charge is 0.493 e. The Morgan fingerprint density at radius 3 is 2.67 bits per heavy atom. The predicted octanol–water partition coefficient (Wildman–Crippen LogP) is 1.85. The van der Waals surface area contributed by atoms with Crippen LogP contribution in [-0.2, 0) is 7.05 Å². The summed E-state index contributed by atoms with van der Waals surface area (Å²) in [5, 5.41) is 14.2. The molecule has 2 aromatic heterocycles. The van der Waals surface area contributed by atoms with Crippen molar-refractivity contribution in [2.24, 2.45) is 7.05 Å². The maximum atomic E-state index is 12.3. The molecule has 0 atom stereocenters. The first-order valence-corrected chi connectivity index (χ1v) is 6.44. The summed E-state index contributed by atoms with van der Waals surface area (Å²) >= 11 is 0. The van der Waals surface area contributed by atoms with E-state index in [1.165, 1.54) is 0 Å². The van der Waals surface area contributed by atoms with Crippen LogP contribution in [0.15, 0.2) is 41.5 Å². The Labute approximate surface area is 120 Å². The van der Waals surface area contributed by atoms with Crippen LogP contribution in [0, 0.1) is 6.92 Å². The van der Waals surface area contributed by atoms with Crippen molar-refractivity contribution in [1.82, 2.24) is 19.7 Å². The Hall–Kier alpha value is -2.89. The lowest BCUT2D eigenvalue weighted by atomic mass is 10.0. The molecule has 21 heavy (non-hydrogen) atoms. The van der Waals surface area contributed by atoms with Crippen molar-refractivity contribution in [3.8, 4) is 28.4 Å². The van der Waals surface area contributed by atoms with Gasteiger partial charge in [-0.2, -0.15) is 10.1 Å². The molecule has 0 aliphatic carbocycles. The number of nitrogens with one attached hydrogen (secondary N) is 1. The van der Waals surface area contributed by atoms with E-state index in [1.807, 2.05) is 25.1 Å². The highest BCUT2D eigenvalue weighted by atomic mass is 16.3. The summed E-state index contributed by atoms with van der Waals surface area (Å²) in [5.74, 6) is 0.00911.